The average molecular weight is 562 g/mol. The van der Waals surface area contributed by atoms with Crippen LogP contribution < -0.4 is 9.64 Å². The maximum Gasteiger partial charge on any atom is 0.318 e. The first kappa shape index (κ1) is 26.7. The molecule has 0 N–H and O–H groups in total. The SMILES string of the molecule is CCCc1ccccc1C1Cc2nc(OC)nc(N3CCCn4nc(-c5nnc(C)n5C)c(Cl)c4C3)c2CN1C. The lowest BCUT2D eigenvalue weighted by Crippen LogP contribution is -2.35. The standard InChI is InChI=1S/C29H36ClN9O/c1-6-10-19-11-7-8-12-20(19)23-15-22-21(16-36(23)3)27(32-29(31-22)40-5)38-13-9-14-39-24(17-38)25(30)26(35-39)28-34-33-18(2)37(28)4/h7-8,11-12,23H,6,9-10,13-17H2,1-5H3. The van der Waals surface area contributed by atoms with Gasteiger partial charge in [-0.15, -0.1) is 10.2 Å². The second kappa shape index (κ2) is 10.8. The molecule has 210 valence electrons. The molecule has 0 fully saturated rings. The average Bonchev–Trinajstić information content (AvgIpc) is 3.35. The normalized spacial score (nSPS) is 17.4. The minimum atomic E-state index is 0.250. The number of aromatic nitrogens is 7. The fourth-order valence-corrected chi connectivity index (χ4v) is 6.28. The number of hydrogen-bond acceptors (Lipinski definition) is 8. The molecule has 5 heterocycles. The summed E-state index contributed by atoms with van der Waals surface area (Å²) in [5, 5.41) is 14.0. The van der Waals surface area contributed by atoms with Crippen molar-refractivity contribution in [2.45, 2.75) is 65.2 Å². The topological polar surface area (TPSA) is 90.0 Å². The van der Waals surface area contributed by atoms with E-state index in [2.05, 4.69) is 58.2 Å². The molecule has 0 bridgehead atoms. The van der Waals surface area contributed by atoms with Crippen molar-refractivity contribution < 1.29 is 4.74 Å². The smallest absolute Gasteiger partial charge is 0.318 e. The Labute approximate surface area is 240 Å². The summed E-state index contributed by atoms with van der Waals surface area (Å²) >= 11 is 6.98. The summed E-state index contributed by atoms with van der Waals surface area (Å²) in [5.74, 6) is 2.40. The summed E-state index contributed by atoms with van der Waals surface area (Å²) in [4.78, 5) is 14.5. The number of aryl methyl sites for hydroxylation is 3. The van der Waals surface area contributed by atoms with E-state index >= 15 is 0 Å². The Kier molecular flexibility index (Phi) is 7.22. The molecular formula is C29H36ClN9O. The Morgan fingerprint density at radius 1 is 1.07 bits per heavy atom. The third kappa shape index (κ3) is 4.62. The van der Waals surface area contributed by atoms with Crippen molar-refractivity contribution in [3.05, 3.63) is 63.2 Å². The largest absolute Gasteiger partial charge is 0.467 e. The first-order valence-electron chi connectivity index (χ1n) is 14.0. The number of nitrogens with zero attached hydrogens (tertiary/aromatic N) is 9. The fourth-order valence-electron chi connectivity index (χ4n) is 6.00. The first-order chi connectivity index (χ1) is 19.4. The van der Waals surface area contributed by atoms with Crippen LogP contribution >= 0.6 is 11.6 Å². The van der Waals surface area contributed by atoms with Crippen LogP contribution in [0, 0.1) is 6.92 Å². The molecule has 3 aromatic heterocycles. The predicted octanol–water partition coefficient (Wildman–Crippen LogP) is 4.53. The molecule has 11 heteroatoms. The Morgan fingerprint density at radius 2 is 1.90 bits per heavy atom. The minimum Gasteiger partial charge on any atom is -0.467 e. The van der Waals surface area contributed by atoms with E-state index in [4.69, 9.17) is 31.4 Å². The van der Waals surface area contributed by atoms with Crippen molar-refractivity contribution in [2.24, 2.45) is 7.05 Å². The lowest BCUT2D eigenvalue weighted by atomic mass is 9.89. The number of rotatable bonds is 6. The van der Waals surface area contributed by atoms with Crippen molar-refractivity contribution in [1.29, 1.82) is 0 Å². The van der Waals surface area contributed by atoms with Gasteiger partial charge in [-0.3, -0.25) is 9.58 Å². The van der Waals surface area contributed by atoms with E-state index < -0.39 is 0 Å². The van der Waals surface area contributed by atoms with Crippen LogP contribution in [0.4, 0.5) is 5.82 Å². The Bertz CT molecular complexity index is 1540. The Morgan fingerprint density at radius 3 is 2.65 bits per heavy atom. The van der Waals surface area contributed by atoms with Crippen molar-refractivity contribution >= 4 is 17.4 Å². The van der Waals surface area contributed by atoms with Gasteiger partial charge < -0.3 is 14.2 Å². The van der Waals surface area contributed by atoms with Crippen LogP contribution in [-0.2, 0) is 39.5 Å². The third-order valence-electron chi connectivity index (χ3n) is 8.23. The molecule has 2 aliphatic rings. The third-order valence-corrected chi connectivity index (χ3v) is 8.63. The second-order valence-electron chi connectivity index (χ2n) is 10.8. The van der Waals surface area contributed by atoms with Gasteiger partial charge in [-0.1, -0.05) is 49.2 Å². The molecular weight excluding hydrogens is 526 g/mol. The number of ether oxygens (including phenoxy) is 1. The zero-order chi connectivity index (χ0) is 28.0. The molecule has 1 atom stereocenters. The highest BCUT2D eigenvalue weighted by molar-refractivity contribution is 6.33. The van der Waals surface area contributed by atoms with Gasteiger partial charge in [0.25, 0.3) is 0 Å². The molecule has 6 rings (SSSR count). The van der Waals surface area contributed by atoms with E-state index in [9.17, 15) is 0 Å². The van der Waals surface area contributed by atoms with E-state index in [1.807, 2.05) is 23.2 Å². The molecule has 0 aliphatic carbocycles. The van der Waals surface area contributed by atoms with Gasteiger partial charge in [0.15, 0.2) is 5.82 Å². The molecule has 0 saturated heterocycles. The zero-order valence-electron chi connectivity index (χ0n) is 23.9. The van der Waals surface area contributed by atoms with E-state index in [-0.39, 0.29) is 6.04 Å². The zero-order valence-corrected chi connectivity index (χ0v) is 24.6. The highest BCUT2D eigenvalue weighted by atomic mass is 35.5. The van der Waals surface area contributed by atoms with Crippen LogP contribution in [-0.4, -0.2) is 60.1 Å². The summed E-state index contributed by atoms with van der Waals surface area (Å²) in [6.45, 7) is 7.09. The molecule has 1 aromatic carbocycles. The Hall–Kier alpha value is -3.50. The van der Waals surface area contributed by atoms with Gasteiger partial charge in [0.2, 0.25) is 0 Å². The van der Waals surface area contributed by atoms with Gasteiger partial charge in [0.05, 0.1) is 30.1 Å². The van der Waals surface area contributed by atoms with Crippen LogP contribution in [0.1, 0.15) is 59.7 Å². The number of methoxy groups -OCH3 is 1. The minimum absolute atomic E-state index is 0.250. The fraction of sp³-hybridized carbons (Fsp3) is 0.483. The summed E-state index contributed by atoms with van der Waals surface area (Å²) in [7, 11) is 5.77. The van der Waals surface area contributed by atoms with Crippen LogP contribution in [0.2, 0.25) is 5.02 Å². The number of hydrogen-bond donors (Lipinski definition) is 0. The molecule has 0 spiro atoms. The van der Waals surface area contributed by atoms with Crippen molar-refractivity contribution in [1.82, 2.24) is 39.4 Å². The number of fused-ring (bicyclic) bond motifs is 2. The van der Waals surface area contributed by atoms with E-state index in [0.29, 0.717) is 29.1 Å². The Balaban J connectivity index is 1.37. The lowest BCUT2D eigenvalue weighted by Gasteiger charge is -2.37. The van der Waals surface area contributed by atoms with E-state index in [1.54, 1.807) is 7.11 Å². The van der Waals surface area contributed by atoms with Gasteiger partial charge >= 0.3 is 6.01 Å². The molecule has 1 unspecified atom stereocenters. The molecule has 4 aromatic rings. The second-order valence-corrected chi connectivity index (χ2v) is 11.2. The van der Waals surface area contributed by atoms with Gasteiger partial charge in [-0.2, -0.15) is 15.1 Å². The number of benzene rings is 1. The van der Waals surface area contributed by atoms with Gasteiger partial charge in [0.1, 0.15) is 17.3 Å². The van der Waals surface area contributed by atoms with Crippen LogP contribution in [0.15, 0.2) is 24.3 Å². The quantitative estimate of drug-likeness (QED) is 0.339. The van der Waals surface area contributed by atoms with E-state index in [1.165, 1.54) is 11.1 Å². The maximum atomic E-state index is 6.98. The summed E-state index contributed by atoms with van der Waals surface area (Å²) < 4.78 is 9.55. The van der Waals surface area contributed by atoms with Gasteiger partial charge in [0, 0.05) is 44.7 Å². The molecule has 10 nitrogen and oxygen atoms in total. The highest BCUT2D eigenvalue weighted by Crippen LogP contribution is 2.39. The summed E-state index contributed by atoms with van der Waals surface area (Å²) in [5.41, 5.74) is 6.62. The van der Waals surface area contributed by atoms with Crippen molar-refractivity contribution in [3.63, 3.8) is 0 Å². The van der Waals surface area contributed by atoms with Crippen LogP contribution in [0.5, 0.6) is 6.01 Å². The molecule has 2 aliphatic heterocycles. The monoisotopic (exact) mass is 561 g/mol. The number of anilines is 1. The van der Waals surface area contributed by atoms with E-state index in [0.717, 1.165) is 73.9 Å². The molecule has 0 radical (unpaired) electrons. The highest BCUT2D eigenvalue weighted by Gasteiger charge is 2.33. The molecule has 0 amide bonds. The molecule has 40 heavy (non-hydrogen) atoms. The van der Waals surface area contributed by atoms with Gasteiger partial charge in [-0.05, 0) is 37.9 Å². The summed E-state index contributed by atoms with van der Waals surface area (Å²) in [6.07, 6.45) is 3.91. The lowest BCUT2D eigenvalue weighted by molar-refractivity contribution is 0.212. The van der Waals surface area contributed by atoms with Crippen molar-refractivity contribution in [3.8, 4) is 17.5 Å². The molecule has 0 saturated carbocycles. The van der Waals surface area contributed by atoms with Crippen molar-refractivity contribution in [2.75, 3.05) is 25.6 Å². The van der Waals surface area contributed by atoms with Crippen LogP contribution in [0.25, 0.3) is 11.5 Å². The number of likely N-dealkylation sites (N-methyl/N-ethyl adjacent to an activating group) is 1. The van der Waals surface area contributed by atoms with Gasteiger partial charge in [-0.25, -0.2) is 0 Å². The summed E-state index contributed by atoms with van der Waals surface area (Å²) in [6, 6.07) is 9.46. The number of halogens is 1. The first-order valence-corrected chi connectivity index (χ1v) is 14.4. The maximum absolute atomic E-state index is 6.98. The van der Waals surface area contributed by atoms with Crippen LogP contribution in [0.3, 0.4) is 0 Å². The predicted molar refractivity (Wildman–Crippen MR) is 155 cm³/mol.